The molecule has 1 amide bonds. The average molecular weight is 378 g/mol. The van der Waals surface area contributed by atoms with Crippen molar-refractivity contribution in [1.82, 2.24) is 9.88 Å². The van der Waals surface area contributed by atoms with E-state index in [9.17, 15) is 23.5 Å². The van der Waals surface area contributed by atoms with Gasteiger partial charge < -0.3 is 15.0 Å². The largest absolute Gasteiger partial charge is 0.394 e. The number of benzene rings is 1. The molecular weight excluding hydrogens is 354 g/mol. The Kier molecular flexibility index (Phi) is 5.60. The lowest BCUT2D eigenvalue weighted by molar-refractivity contribution is -0.0452. The van der Waals surface area contributed by atoms with Crippen molar-refractivity contribution in [3.8, 4) is 0 Å². The van der Waals surface area contributed by atoms with Crippen LogP contribution in [0.2, 0.25) is 0 Å². The van der Waals surface area contributed by atoms with Gasteiger partial charge in [-0.1, -0.05) is 6.07 Å². The second kappa shape index (κ2) is 7.76. The summed E-state index contributed by atoms with van der Waals surface area (Å²) in [6.07, 6.45) is 2.10. The van der Waals surface area contributed by atoms with Gasteiger partial charge in [0.2, 0.25) is 5.92 Å². The number of carbonyl (C=O) groups is 1. The van der Waals surface area contributed by atoms with Gasteiger partial charge in [-0.25, -0.2) is 8.78 Å². The molecule has 2 N–H and O–H groups in total. The number of amides is 1. The van der Waals surface area contributed by atoms with E-state index in [-0.39, 0.29) is 42.9 Å². The first-order valence-corrected chi connectivity index (χ1v) is 9.23. The summed E-state index contributed by atoms with van der Waals surface area (Å²) in [6.45, 7) is 1.92. The zero-order valence-electron chi connectivity index (χ0n) is 15.3. The Morgan fingerprint density at radius 2 is 2.00 bits per heavy atom. The van der Waals surface area contributed by atoms with Crippen LogP contribution in [-0.2, 0) is 0 Å². The topological polar surface area (TPSA) is 71.3 Å². The molecule has 3 rings (SSSR count). The first-order valence-electron chi connectivity index (χ1n) is 9.23. The van der Waals surface area contributed by atoms with E-state index in [1.54, 1.807) is 37.4 Å². The number of aromatic nitrogens is 1. The molecule has 0 bridgehead atoms. The van der Waals surface area contributed by atoms with Crippen LogP contribution < -0.4 is 10.9 Å². The van der Waals surface area contributed by atoms with Gasteiger partial charge in [-0.3, -0.25) is 9.59 Å². The minimum absolute atomic E-state index is 0.0474. The normalized spacial score (nSPS) is 18.4. The van der Waals surface area contributed by atoms with E-state index >= 15 is 0 Å². The Bertz CT molecular complexity index is 884. The number of aliphatic hydroxyl groups is 1. The van der Waals surface area contributed by atoms with Crippen LogP contribution in [0, 0.1) is 5.92 Å². The highest BCUT2D eigenvalue weighted by atomic mass is 19.3. The van der Waals surface area contributed by atoms with Crippen LogP contribution in [0.15, 0.2) is 35.3 Å². The van der Waals surface area contributed by atoms with E-state index in [4.69, 9.17) is 0 Å². The van der Waals surface area contributed by atoms with E-state index in [1.807, 2.05) is 0 Å². The lowest BCUT2D eigenvalue weighted by Crippen LogP contribution is -2.34. The smallest absolute Gasteiger partial charge is 0.258 e. The molecule has 1 saturated carbocycles. The van der Waals surface area contributed by atoms with Crippen LogP contribution in [0.1, 0.15) is 49.0 Å². The Balaban J connectivity index is 1.77. The number of fused-ring (bicyclic) bond motifs is 1. The van der Waals surface area contributed by atoms with Gasteiger partial charge in [-0.2, -0.15) is 0 Å². The summed E-state index contributed by atoms with van der Waals surface area (Å²) in [5, 5.41) is 13.1. The molecule has 0 spiro atoms. The summed E-state index contributed by atoms with van der Waals surface area (Å²) in [4.78, 5) is 25.2. The molecule has 7 heteroatoms. The van der Waals surface area contributed by atoms with Crippen LogP contribution in [0.5, 0.6) is 0 Å². The summed E-state index contributed by atoms with van der Waals surface area (Å²) in [5.74, 6) is -2.85. The third-order valence-electron chi connectivity index (χ3n) is 5.34. The number of nitrogens with zero attached hydrogens (tertiary/aromatic N) is 1. The Hall–Kier alpha value is -2.28. The lowest BCUT2D eigenvalue weighted by Gasteiger charge is -2.28. The number of halogens is 2. The molecule has 1 heterocycles. The average Bonchev–Trinajstić information content (AvgIpc) is 2.66. The molecule has 146 valence electrons. The Labute approximate surface area is 156 Å². The van der Waals surface area contributed by atoms with E-state index in [0.717, 1.165) is 0 Å². The highest BCUT2D eigenvalue weighted by Gasteiger charge is 2.34. The summed E-state index contributed by atoms with van der Waals surface area (Å²) in [6, 6.07) is 6.28. The molecule has 1 unspecified atom stereocenters. The maximum atomic E-state index is 13.2. The van der Waals surface area contributed by atoms with Crippen molar-refractivity contribution >= 4 is 16.7 Å². The van der Waals surface area contributed by atoms with Gasteiger partial charge in [-0.05, 0) is 43.9 Å². The van der Waals surface area contributed by atoms with Crippen molar-refractivity contribution in [2.45, 2.75) is 44.6 Å². The maximum Gasteiger partial charge on any atom is 0.258 e. The molecule has 1 aromatic heterocycles. The predicted molar refractivity (Wildman–Crippen MR) is 99.2 cm³/mol. The number of hydrogen-bond acceptors (Lipinski definition) is 3. The number of alkyl halides is 2. The molecule has 1 aromatic carbocycles. The number of rotatable bonds is 5. The number of pyridine rings is 1. The predicted octanol–water partition coefficient (Wildman–Crippen LogP) is 3.11. The molecule has 1 fully saturated rings. The summed E-state index contributed by atoms with van der Waals surface area (Å²) in [5.41, 5.74) is 0.118. The zero-order valence-corrected chi connectivity index (χ0v) is 15.3. The zero-order chi connectivity index (χ0) is 19.6. The Morgan fingerprint density at radius 3 is 2.67 bits per heavy atom. The minimum Gasteiger partial charge on any atom is -0.394 e. The van der Waals surface area contributed by atoms with Crippen molar-refractivity contribution < 1.29 is 18.7 Å². The van der Waals surface area contributed by atoms with Gasteiger partial charge >= 0.3 is 0 Å². The van der Waals surface area contributed by atoms with Gasteiger partial charge in [0.15, 0.2) is 0 Å². The number of aliphatic hydroxyl groups excluding tert-OH is 1. The highest BCUT2D eigenvalue weighted by Crippen LogP contribution is 2.35. The second-order valence-electron chi connectivity index (χ2n) is 7.34. The fourth-order valence-electron chi connectivity index (χ4n) is 3.56. The SMILES string of the molecule is CC(CO)n1ccc2c(C(=O)NCC3CCC(F)(F)CC3)cccc2c1=O. The van der Waals surface area contributed by atoms with E-state index in [1.165, 1.54) is 4.57 Å². The van der Waals surface area contributed by atoms with Gasteiger partial charge in [0.1, 0.15) is 0 Å². The van der Waals surface area contributed by atoms with Gasteiger partial charge in [0.05, 0.1) is 12.6 Å². The molecule has 1 atom stereocenters. The third kappa shape index (κ3) is 4.18. The van der Waals surface area contributed by atoms with Crippen molar-refractivity contribution in [2.75, 3.05) is 13.2 Å². The van der Waals surface area contributed by atoms with Crippen LogP contribution >= 0.6 is 0 Å². The first-order chi connectivity index (χ1) is 12.8. The molecule has 27 heavy (non-hydrogen) atoms. The highest BCUT2D eigenvalue weighted by molar-refractivity contribution is 6.06. The fraction of sp³-hybridized carbons (Fsp3) is 0.500. The monoisotopic (exact) mass is 378 g/mol. The van der Waals surface area contributed by atoms with Gasteiger partial charge in [0, 0.05) is 41.9 Å². The summed E-state index contributed by atoms with van der Waals surface area (Å²) >= 11 is 0. The lowest BCUT2D eigenvalue weighted by atomic mass is 9.87. The quantitative estimate of drug-likeness (QED) is 0.840. The van der Waals surface area contributed by atoms with E-state index in [2.05, 4.69) is 5.32 Å². The number of hydrogen-bond donors (Lipinski definition) is 2. The summed E-state index contributed by atoms with van der Waals surface area (Å²) < 4.78 is 27.9. The molecule has 5 nitrogen and oxygen atoms in total. The molecular formula is C20H24F2N2O3. The minimum atomic E-state index is -2.58. The molecule has 0 aliphatic heterocycles. The van der Waals surface area contributed by atoms with Gasteiger partial charge in [-0.15, -0.1) is 0 Å². The van der Waals surface area contributed by atoms with Gasteiger partial charge in [0.25, 0.3) is 11.5 Å². The summed E-state index contributed by atoms with van der Waals surface area (Å²) in [7, 11) is 0. The standard InChI is InChI=1S/C20H24F2N2O3/c1-13(12-25)24-10-7-15-16(3-2-4-17(15)19(24)27)18(26)23-11-14-5-8-20(21,22)9-6-14/h2-4,7,10,13-14,25H,5-6,8-9,11-12H2,1H3,(H,23,26). The van der Waals surface area contributed by atoms with Crippen LogP contribution in [-0.4, -0.2) is 34.7 Å². The number of nitrogens with one attached hydrogen (secondary N) is 1. The van der Waals surface area contributed by atoms with Crippen molar-refractivity contribution in [2.24, 2.45) is 5.92 Å². The van der Waals surface area contributed by atoms with Crippen molar-refractivity contribution in [1.29, 1.82) is 0 Å². The van der Waals surface area contributed by atoms with Crippen LogP contribution in [0.25, 0.3) is 10.8 Å². The Morgan fingerprint density at radius 1 is 1.30 bits per heavy atom. The van der Waals surface area contributed by atoms with Crippen molar-refractivity contribution in [3.63, 3.8) is 0 Å². The third-order valence-corrected chi connectivity index (χ3v) is 5.34. The maximum absolute atomic E-state index is 13.2. The first kappa shape index (κ1) is 19.5. The molecule has 2 aromatic rings. The van der Waals surface area contributed by atoms with Crippen molar-refractivity contribution in [3.05, 3.63) is 46.4 Å². The van der Waals surface area contributed by atoms with Crippen LogP contribution in [0.3, 0.4) is 0 Å². The van der Waals surface area contributed by atoms with E-state index in [0.29, 0.717) is 35.7 Å². The second-order valence-corrected chi connectivity index (χ2v) is 7.34. The molecule has 1 aliphatic rings. The van der Waals surface area contributed by atoms with Crippen LogP contribution in [0.4, 0.5) is 8.78 Å². The fourth-order valence-corrected chi connectivity index (χ4v) is 3.56. The van der Waals surface area contributed by atoms with E-state index < -0.39 is 5.92 Å². The molecule has 0 saturated heterocycles. The molecule has 0 radical (unpaired) electrons. The number of carbonyl (C=O) groups excluding carboxylic acids is 1. The molecule has 1 aliphatic carbocycles.